The summed E-state index contributed by atoms with van der Waals surface area (Å²) in [6.45, 7) is 1.62. The number of nitrogens with one attached hydrogen (secondary N) is 4. The molecule has 0 aromatic carbocycles. The molecule has 48 heavy (non-hydrogen) atoms. The van der Waals surface area contributed by atoms with E-state index in [1.807, 2.05) is 0 Å². The maximum absolute atomic E-state index is 13.7. The highest BCUT2D eigenvalue weighted by atomic mass is 16.4. The normalized spacial score (nSPS) is 18.9. The van der Waals surface area contributed by atoms with Gasteiger partial charge in [0.15, 0.2) is 17.9 Å². The van der Waals surface area contributed by atoms with E-state index in [2.05, 4.69) is 36.2 Å². The monoisotopic (exact) mass is 680 g/mol. The fraction of sp³-hybridized carbons (Fsp3) is 0.714. The standard InChI is InChI=1S/C28H52N14O6/c29-26(30)36-12-1-6-16(22(44)41-19(25(47)48)9-4-14-38-28(33)34)39-21(43)17(7-2-13-37-27(31)32)40-23(45)20-10-5-15-42(20)24(46)18-8-3-11-35-18/h16-20,35H,1-15H2,(H,39,43)(H,40,45)(H,41,44)(H,47,48)(H4,29,30,36)(H4,31,32,37)(H4,33,34,38)/t16-,17-,18-,19-,20-/m0/s1. The van der Waals surface area contributed by atoms with Gasteiger partial charge in [0, 0.05) is 26.2 Å². The number of likely N-dealkylation sites (tertiary alicyclic amines) is 1. The number of nitrogens with two attached hydrogens (primary N) is 6. The fourth-order valence-corrected chi connectivity index (χ4v) is 5.52. The smallest absolute Gasteiger partial charge is 0.326 e. The molecule has 2 heterocycles. The van der Waals surface area contributed by atoms with E-state index in [0.29, 0.717) is 32.2 Å². The first-order chi connectivity index (χ1) is 22.8. The molecule has 2 aliphatic rings. The molecule has 2 aliphatic heterocycles. The Bertz CT molecular complexity index is 1190. The molecule has 0 aromatic rings. The summed E-state index contributed by atoms with van der Waals surface area (Å²) >= 11 is 0. The zero-order valence-corrected chi connectivity index (χ0v) is 27.2. The van der Waals surface area contributed by atoms with Crippen LogP contribution in [0.5, 0.6) is 0 Å². The summed E-state index contributed by atoms with van der Waals surface area (Å²) in [7, 11) is 0. The summed E-state index contributed by atoms with van der Waals surface area (Å²) in [5, 5.41) is 20.7. The van der Waals surface area contributed by atoms with Gasteiger partial charge in [-0.2, -0.15) is 0 Å². The van der Waals surface area contributed by atoms with E-state index < -0.39 is 47.9 Å². The highest BCUT2D eigenvalue weighted by Gasteiger charge is 2.39. The molecule has 0 radical (unpaired) electrons. The molecule has 20 heteroatoms. The Kier molecular flexibility index (Phi) is 16.7. The van der Waals surface area contributed by atoms with E-state index in [4.69, 9.17) is 34.4 Å². The van der Waals surface area contributed by atoms with Crippen molar-refractivity contribution in [2.75, 3.05) is 32.7 Å². The summed E-state index contributed by atoms with van der Waals surface area (Å²) in [6.07, 6.45) is 3.60. The van der Waals surface area contributed by atoms with Crippen molar-refractivity contribution in [1.29, 1.82) is 0 Å². The molecule has 270 valence electrons. The van der Waals surface area contributed by atoms with E-state index in [1.165, 1.54) is 0 Å². The van der Waals surface area contributed by atoms with Crippen molar-refractivity contribution in [1.82, 2.24) is 26.2 Å². The summed E-state index contributed by atoms with van der Waals surface area (Å²) < 4.78 is 0. The topological polar surface area (TPSA) is 350 Å². The average Bonchev–Trinajstić information content (AvgIpc) is 3.74. The second-order valence-electron chi connectivity index (χ2n) is 11.7. The average molecular weight is 681 g/mol. The van der Waals surface area contributed by atoms with Crippen LogP contribution in [-0.2, 0) is 24.0 Å². The molecule has 0 aromatic heterocycles. The lowest BCUT2D eigenvalue weighted by Crippen LogP contribution is -2.58. The largest absolute Gasteiger partial charge is 0.480 e. The fourth-order valence-electron chi connectivity index (χ4n) is 5.52. The first-order valence-electron chi connectivity index (χ1n) is 16.1. The predicted octanol–water partition coefficient (Wildman–Crippen LogP) is -4.57. The highest BCUT2D eigenvalue weighted by molar-refractivity contribution is 5.95. The van der Waals surface area contributed by atoms with Crippen LogP contribution in [0.4, 0.5) is 0 Å². The number of carbonyl (C=O) groups excluding carboxylic acids is 4. The molecular weight excluding hydrogens is 628 g/mol. The lowest BCUT2D eigenvalue weighted by Gasteiger charge is -2.29. The minimum atomic E-state index is -1.29. The lowest BCUT2D eigenvalue weighted by molar-refractivity contribution is -0.142. The van der Waals surface area contributed by atoms with Crippen molar-refractivity contribution < 1.29 is 29.1 Å². The number of hydrogen-bond acceptors (Lipinski definition) is 9. The quantitative estimate of drug-likeness (QED) is 0.0328. The predicted molar refractivity (Wildman–Crippen MR) is 179 cm³/mol. The molecule has 5 atom stereocenters. The highest BCUT2D eigenvalue weighted by Crippen LogP contribution is 2.21. The molecule has 17 N–H and O–H groups in total. The SMILES string of the molecule is NC(N)=NCCC[C@H](NC(=O)[C@H](CCCN=C(N)N)NC(=O)[C@H](CCCN=C(N)N)NC(=O)[C@@H]1CCCN1C(=O)[C@@H]1CCCN1)C(=O)O. The van der Waals surface area contributed by atoms with E-state index in [0.717, 1.165) is 13.0 Å². The van der Waals surface area contributed by atoms with Gasteiger partial charge in [0.25, 0.3) is 0 Å². The van der Waals surface area contributed by atoms with Crippen molar-refractivity contribution in [2.45, 2.75) is 94.4 Å². The minimum Gasteiger partial charge on any atom is -0.480 e. The van der Waals surface area contributed by atoms with Gasteiger partial charge in [0.2, 0.25) is 23.6 Å². The first-order valence-corrected chi connectivity index (χ1v) is 16.1. The molecule has 20 nitrogen and oxygen atoms in total. The number of guanidine groups is 3. The van der Waals surface area contributed by atoms with Crippen LogP contribution in [0.25, 0.3) is 0 Å². The summed E-state index contributed by atoms with van der Waals surface area (Å²) in [4.78, 5) is 78.8. The maximum atomic E-state index is 13.7. The number of aliphatic carboxylic acids is 1. The molecule has 4 amide bonds. The Morgan fingerprint density at radius 1 is 0.708 bits per heavy atom. The second-order valence-corrected chi connectivity index (χ2v) is 11.7. The Balaban J connectivity index is 2.21. The molecule has 0 aliphatic carbocycles. The van der Waals surface area contributed by atoms with Crippen LogP contribution < -0.4 is 55.7 Å². The van der Waals surface area contributed by atoms with Crippen molar-refractivity contribution >= 4 is 47.5 Å². The van der Waals surface area contributed by atoms with Crippen LogP contribution in [0.2, 0.25) is 0 Å². The van der Waals surface area contributed by atoms with Gasteiger partial charge in [0.1, 0.15) is 24.2 Å². The van der Waals surface area contributed by atoms with Crippen molar-refractivity contribution in [3.8, 4) is 0 Å². The van der Waals surface area contributed by atoms with Gasteiger partial charge >= 0.3 is 5.97 Å². The number of amides is 4. The third-order valence-electron chi connectivity index (χ3n) is 7.91. The van der Waals surface area contributed by atoms with Gasteiger partial charge < -0.3 is 65.7 Å². The molecule has 0 spiro atoms. The van der Waals surface area contributed by atoms with E-state index >= 15 is 0 Å². The summed E-state index contributed by atoms with van der Waals surface area (Å²) in [6, 6.07) is -4.74. The van der Waals surface area contributed by atoms with E-state index in [1.54, 1.807) is 4.90 Å². The van der Waals surface area contributed by atoms with Crippen molar-refractivity contribution in [2.24, 2.45) is 49.4 Å². The van der Waals surface area contributed by atoms with E-state index in [9.17, 15) is 29.1 Å². The lowest BCUT2D eigenvalue weighted by atomic mass is 10.1. The molecular formula is C28H52N14O6. The zero-order valence-electron chi connectivity index (χ0n) is 27.2. The van der Waals surface area contributed by atoms with Crippen molar-refractivity contribution in [3.05, 3.63) is 0 Å². The number of carboxylic acid groups (broad SMARTS) is 1. The van der Waals surface area contributed by atoms with Gasteiger partial charge in [-0.15, -0.1) is 0 Å². The van der Waals surface area contributed by atoms with Crippen LogP contribution >= 0.6 is 0 Å². The maximum Gasteiger partial charge on any atom is 0.326 e. The van der Waals surface area contributed by atoms with Gasteiger partial charge in [-0.25, -0.2) is 4.79 Å². The van der Waals surface area contributed by atoms with Crippen LogP contribution in [0.3, 0.4) is 0 Å². The summed E-state index contributed by atoms with van der Waals surface area (Å²) in [5.74, 6) is -3.82. The molecule has 0 unspecified atom stereocenters. The van der Waals surface area contributed by atoms with Gasteiger partial charge in [-0.05, 0) is 70.8 Å². The van der Waals surface area contributed by atoms with E-state index in [-0.39, 0.29) is 81.6 Å². The van der Waals surface area contributed by atoms with Crippen molar-refractivity contribution in [3.63, 3.8) is 0 Å². The van der Waals surface area contributed by atoms with Crippen LogP contribution in [0, 0.1) is 0 Å². The number of hydrogen-bond donors (Lipinski definition) is 11. The summed E-state index contributed by atoms with van der Waals surface area (Å²) in [5.41, 5.74) is 32.3. The Hall–Kier alpha value is -4.88. The van der Waals surface area contributed by atoms with Crippen LogP contribution in [0.1, 0.15) is 64.2 Å². The van der Waals surface area contributed by atoms with Gasteiger partial charge in [-0.1, -0.05) is 0 Å². The number of rotatable bonds is 20. The zero-order chi connectivity index (χ0) is 35.6. The Labute approximate surface area is 279 Å². The third kappa shape index (κ3) is 13.9. The van der Waals surface area contributed by atoms with Gasteiger partial charge in [-0.3, -0.25) is 34.2 Å². The molecule has 0 bridgehead atoms. The molecule has 2 rings (SSSR count). The van der Waals surface area contributed by atoms with Gasteiger partial charge in [0.05, 0.1) is 6.04 Å². The minimum absolute atomic E-state index is 0.0168. The Morgan fingerprint density at radius 3 is 1.65 bits per heavy atom. The number of nitrogens with zero attached hydrogens (tertiary/aromatic N) is 4. The molecule has 0 saturated carbocycles. The number of aliphatic imine (C=N–C) groups is 3. The molecule has 2 saturated heterocycles. The number of carbonyl (C=O) groups is 5. The van der Waals surface area contributed by atoms with Crippen LogP contribution in [0.15, 0.2) is 15.0 Å². The third-order valence-corrected chi connectivity index (χ3v) is 7.91. The molecule has 2 fully saturated rings. The first kappa shape index (κ1) is 39.3. The van der Waals surface area contributed by atoms with Crippen LogP contribution in [-0.4, -0.2) is 120 Å². The number of carboxylic acids is 1. The Morgan fingerprint density at radius 2 is 1.19 bits per heavy atom. The second kappa shape index (κ2) is 20.4.